The van der Waals surface area contributed by atoms with Gasteiger partial charge in [-0.15, -0.1) is 11.6 Å². The molecule has 0 amide bonds. The van der Waals surface area contributed by atoms with Crippen LogP contribution in [0.25, 0.3) is 0 Å². The first-order chi connectivity index (χ1) is 21.9. The largest absolute Gasteiger partial charge is 1.00 e. The van der Waals surface area contributed by atoms with E-state index in [1.54, 1.807) is 6.92 Å². The number of hydrogen-bond acceptors (Lipinski definition) is 8. The average Bonchev–Trinajstić information content (AvgIpc) is 3.00. The number of rotatable bonds is 33. The second kappa shape index (κ2) is 58.5. The Morgan fingerprint density at radius 3 is 0.936 bits per heavy atom. The van der Waals surface area contributed by atoms with Crippen LogP contribution < -0.4 is 51.4 Å². The molecule has 0 aromatic heterocycles. The van der Waals surface area contributed by atoms with E-state index in [9.17, 15) is 9.59 Å². The molecule has 0 spiro atoms. The molecule has 0 rings (SSSR count). The van der Waals surface area contributed by atoms with E-state index in [4.69, 9.17) is 11.6 Å². The number of carbonyl (C=O) groups is 2. The van der Waals surface area contributed by atoms with Gasteiger partial charge in [0.05, 0.1) is 0 Å². The molecule has 280 valence electrons. The number of alkyl halides is 1. The van der Waals surface area contributed by atoms with Crippen molar-refractivity contribution in [3.8, 4) is 0 Å². The van der Waals surface area contributed by atoms with Crippen molar-refractivity contribution in [2.45, 2.75) is 164 Å². The summed E-state index contributed by atoms with van der Waals surface area (Å²) in [6.45, 7) is 7.55. The molecule has 0 heterocycles. The maximum atomic E-state index is 10.8. The third-order valence-electron chi connectivity index (χ3n) is 6.60. The summed E-state index contributed by atoms with van der Waals surface area (Å²) in [7, 11) is 0. The zero-order valence-electron chi connectivity index (χ0n) is 30.9. The average molecular weight is 820 g/mol. The van der Waals surface area contributed by atoms with Gasteiger partial charge in [0.15, 0.2) is 5.12 Å². The zero-order chi connectivity index (χ0) is 33.9. The zero-order valence-corrected chi connectivity index (χ0v) is 39.6. The molecule has 0 radical (unpaired) electrons. The maximum absolute atomic E-state index is 10.8. The minimum Gasteiger partial charge on any atom is -0.742 e. The minimum atomic E-state index is -0.250. The van der Waals surface area contributed by atoms with Crippen molar-refractivity contribution >= 4 is 93.3 Å². The van der Waals surface area contributed by atoms with Gasteiger partial charge in [0.1, 0.15) is 0 Å². The van der Waals surface area contributed by atoms with Crippen LogP contribution in [0.2, 0.25) is 0 Å². The van der Waals surface area contributed by atoms with E-state index in [0.717, 1.165) is 11.6 Å². The fourth-order valence-corrected chi connectivity index (χ4v) is 9.03. The van der Waals surface area contributed by atoms with E-state index in [-0.39, 0.29) is 69.0 Å². The molecule has 0 unspecified atom stereocenters. The summed E-state index contributed by atoms with van der Waals surface area (Å²) in [6, 6.07) is 0. The van der Waals surface area contributed by atoms with Crippen LogP contribution in [0, 0.1) is 0 Å². The van der Waals surface area contributed by atoms with Crippen LogP contribution in [-0.4, -0.2) is 67.9 Å². The molecule has 47 heavy (non-hydrogen) atoms. The standard InChI is InChI=1S/C18H36OS3.C16H33ClS2.C2H4OS.CH4.K/c1-3-4-13-20-14-9-5-6-10-15-21-16-11-7-8-12-17-22-18(2)19;1-2-3-13-18-14-10-6-7-11-16-19-15-9-5-4-8-12-17;1-2(3)4;;/h3-17H2,1-2H3;2-16H2,1H3;1H3,(H,3,4);1H4;/q;;;;+1/p-1. The second-order valence-electron chi connectivity index (χ2n) is 11.3. The molecule has 0 aromatic rings. The van der Waals surface area contributed by atoms with Crippen LogP contribution in [0.4, 0.5) is 0 Å². The van der Waals surface area contributed by atoms with Crippen LogP contribution in [0.15, 0.2) is 0 Å². The predicted molar refractivity (Wildman–Crippen MR) is 232 cm³/mol. The van der Waals surface area contributed by atoms with E-state index < -0.39 is 0 Å². The van der Waals surface area contributed by atoms with Crippen molar-refractivity contribution in [3.05, 3.63) is 0 Å². The Hall–Kier alpha value is 3.24. The van der Waals surface area contributed by atoms with Crippen LogP contribution in [0.3, 0.4) is 0 Å². The molecule has 10 heteroatoms. The summed E-state index contributed by atoms with van der Waals surface area (Å²) in [5, 5.41) is 0.00936. The predicted octanol–water partition coefficient (Wildman–Crippen LogP) is 11.0. The van der Waals surface area contributed by atoms with Crippen molar-refractivity contribution in [2.24, 2.45) is 0 Å². The first-order valence-electron chi connectivity index (χ1n) is 18.1. The Kier molecular flexibility index (Phi) is 74.1. The molecule has 0 aliphatic rings. The maximum Gasteiger partial charge on any atom is 1.00 e. The molecule has 0 N–H and O–H groups in total. The Morgan fingerprint density at radius 1 is 0.468 bits per heavy atom. The first-order valence-corrected chi connectivity index (χ1v) is 24.6. The molecule has 0 fully saturated rings. The number of unbranched alkanes of at least 4 members (excludes halogenated alkanes) is 14. The molecule has 0 saturated heterocycles. The van der Waals surface area contributed by atoms with Gasteiger partial charge >= 0.3 is 51.4 Å². The van der Waals surface area contributed by atoms with Gasteiger partial charge in [0, 0.05) is 23.7 Å². The third-order valence-corrected chi connectivity index (χ3v) is 12.4. The Balaban J connectivity index is -0.000000217. The van der Waals surface area contributed by atoms with Gasteiger partial charge in [-0.25, -0.2) is 0 Å². The minimum absolute atomic E-state index is 0. The van der Waals surface area contributed by atoms with Crippen LogP contribution in [-0.2, 0) is 22.2 Å². The summed E-state index contributed by atoms with van der Waals surface area (Å²) in [6.07, 6.45) is 27.3. The smallest absolute Gasteiger partial charge is 0.742 e. The van der Waals surface area contributed by atoms with Crippen molar-refractivity contribution in [1.29, 1.82) is 0 Å². The number of carbonyl (C=O) groups excluding carboxylic acids is 2. The second-order valence-corrected chi connectivity index (χ2v) is 18.5. The van der Waals surface area contributed by atoms with Gasteiger partial charge in [0.2, 0.25) is 0 Å². The number of thioether (sulfide) groups is 5. The van der Waals surface area contributed by atoms with Crippen LogP contribution in [0.5, 0.6) is 0 Å². The Morgan fingerprint density at radius 2 is 0.702 bits per heavy atom. The van der Waals surface area contributed by atoms with Gasteiger partial charge in [-0.1, -0.05) is 97.2 Å². The van der Waals surface area contributed by atoms with Crippen molar-refractivity contribution < 1.29 is 61.0 Å². The van der Waals surface area contributed by atoms with Crippen molar-refractivity contribution in [2.75, 3.05) is 57.7 Å². The van der Waals surface area contributed by atoms with Gasteiger partial charge in [-0.05, 0) is 117 Å². The summed E-state index contributed by atoms with van der Waals surface area (Å²) in [4.78, 5) is 20.0. The Labute approximate surface area is 370 Å². The van der Waals surface area contributed by atoms with E-state index >= 15 is 0 Å². The summed E-state index contributed by atoms with van der Waals surface area (Å²) in [5.74, 6) is 12.7. The topological polar surface area (TPSA) is 34.1 Å². The fraction of sp³-hybridized carbons (Fsp3) is 0.946. The number of hydrogen-bond donors (Lipinski definition) is 0. The summed E-state index contributed by atoms with van der Waals surface area (Å²) < 4.78 is 0. The summed E-state index contributed by atoms with van der Waals surface area (Å²) in [5.41, 5.74) is 0. The van der Waals surface area contributed by atoms with Gasteiger partial charge in [-0.3, -0.25) is 4.79 Å². The van der Waals surface area contributed by atoms with Gasteiger partial charge in [0.25, 0.3) is 0 Å². The summed E-state index contributed by atoms with van der Waals surface area (Å²) >= 11 is 19.7. The molecule has 0 aliphatic carbocycles. The van der Waals surface area contributed by atoms with E-state index in [1.165, 1.54) is 193 Å². The van der Waals surface area contributed by atoms with E-state index in [0.29, 0.717) is 0 Å². The van der Waals surface area contributed by atoms with Gasteiger partial charge < -0.3 is 17.4 Å². The van der Waals surface area contributed by atoms with Crippen molar-refractivity contribution in [1.82, 2.24) is 0 Å². The molecule has 0 atom stereocenters. The molecular weight excluding hydrogens is 743 g/mol. The molecule has 0 saturated carbocycles. The monoisotopic (exact) mass is 818 g/mol. The molecule has 0 aliphatic heterocycles. The third kappa shape index (κ3) is 75.1. The van der Waals surface area contributed by atoms with E-state index in [2.05, 4.69) is 73.5 Å². The van der Waals surface area contributed by atoms with Crippen LogP contribution in [0.1, 0.15) is 164 Å². The molecule has 0 aromatic carbocycles. The molecule has 0 bridgehead atoms. The number of halogens is 1. The molecule has 2 nitrogen and oxygen atoms in total. The van der Waals surface area contributed by atoms with E-state index in [1.807, 2.05) is 0 Å². The van der Waals surface area contributed by atoms with Gasteiger partial charge in [-0.2, -0.15) is 47.0 Å². The van der Waals surface area contributed by atoms with Crippen LogP contribution >= 0.6 is 70.4 Å². The first kappa shape index (κ1) is 59.5. The molecular formula is C37H76ClKO2S6. The Bertz CT molecular complexity index is 545. The van der Waals surface area contributed by atoms with Crippen molar-refractivity contribution in [3.63, 3.8) is 0 Å². The quantitative estimate of drug-likeness (QED) is 0.0280. The fourth-order valence-electron chi connectivity index (χ4n) is 3.95. The SMILES string of the molecule is C.CC(=O)[S-].CCCCSCCCCCCSCCCCCCCl.CCCCSCCCCCCSCCCCCCSC(C)=O.[K+]. The normalized spacial score (nSPS) is 10.1.